The maximum Gasteiger partial charge on any atom is 0.160 e. The first-order chi connectivity index (χ1) is 13.8. The maximum absolute atomic E-state index is 5.35. The fourth-order valence-electron chi connectivity index (χ4n) is 2.90. The lowest BCUT2D eigenvalue weighted by Crippen LogP contribution is -2.09. The average Bonchev–Trinajstić information content (AvgIpc) is 2.75. The van der Waals surface area contributed by atoms with E-state index < -0.39 is 0 Å². The largest absolute Gasteiger partial charge is 0.493 e. The first-order valence-electron chi connectivity index (χ1n) is 9.33. The van der Waals surface area contributed by atoms with Gasteiger partial charge < -0.3 is 20.1 Å². The molecule has 0 bridgehead atoms. The molecule has 146 valence electrons. The van der Waals surface area contributed by atoms with Gasteiger partial charge in [-0.15, -0.1) is 0 Å². The minimum atomic E-state index is 0.737. The first-order valence-corrected chi connectivity index (χ1v) is 9.33. The van der Waals surface area contributed by atoms with E-state index in [9.17, 15) is 0 Å². The van der Waals surface area contributed by atoms with Crippen LogP contribution < -0.4 is 20.1 Å². The Kier molecular flexibility index (Phi) is 7.07. The molecule has 0 radical (unpaired) electrons. The van der Waals surface area contributed by atoms with E-state index in [2.05, 4.69) is 44.9 Å². The highest BCUT2D eigenvalue weighted by Crippen LogP contribution is 2.27. The summed E-state index contributed by atoms with van der Waals surface area (Å²) in [5.41, 5.74) is 2.47. The number of rotatable bonds is 10. The second-order valence-electron chi connectivity index (χ2n) is 6.32. The molecule has 6 nitrogen and oxygen atoms in total. The molecule has 3 rings (SSSR count). The van der Waals surface area contributed by atoms with Crippen LogP contribution in [-0.2, 0) is 12.8 Å². The third kappa shape index (κ3) is 5.61. The molecule has 2 N–H and O–H groups in total. The molecule has 0 saturated heterocycles. The van der Waals surface area contributed by atoms with Gasteiger partial charge in [0.25, 0.3) is 0 Å². The minimum Gasteiger partial charge on any atom is -0.493 e. The number of hydrogen-bond acceptors (Lipinski definition) is 6. The molecule has 0 unspecified atom stereocenters. The molecule has 0 fully saturated rings. The molecule has 0 spiro atoms. The number of nitrogens with one attached hydrogen (secondary N) is 2. The Hall–Kier alpha value is -3.28. The van der Waals surface area contributed by atoms with E-state index in [4.69, 9.17) is 9.47 Å². The third-order valence-electron chi connectivity index (χ3n) is 4.40. The molecule has 2 aromatic carbocycles. The summed E-state index contributed by atoms with van der Waals surface area (Å²) in [6, 6.07) is 18.3. The van der Waals surface area contributed by atoms with E-state index in [1.165, 1.54) is 11.1 Å². The summed E-state index contributed by atoms with van der Waals surface area (Å²) in [5, 5.41) is 6.69. The van der Waals surface area contributed by atoms with Crippen LogP contribution in [0.1, 0.15) is 11.1 Å². The zero-order chi connectivity index (χ0) is 19.6. The normalized spacial score (nSPS) is 10.4. The number of anilines is 2. The third-order valence-corrected chi connectivity index (χ3v) is 4.40. The smallest absolute Gasteiger partial charge is 0.160 e. The van der Waals surface area contributed by atoms with Crippen LogP contribution in [0.2, 0.25) is 0 Å². The van der Waals surface area contributed by atoms with Crippen LogP contribution in [0.5, 0.6) is 11.5 Å². The molecule has 0 aliphatic rings. The summed E-state index contributed by atoms with van der Waals surface area (Å²) >= 11 is 0. The van der Waals surface area contributed by atoms with Crippen LogP contribution >= 0.6 is 0 Å². The highest BCUT2D eigenvalue weighted by Gasteiger charge is 2.05. The Bertz CT molecular complexity index is 871. The fourth-order valence-corrected chi connectivity index (χ4v) is 2.90. The van der Waals surface area contributed by atoms with Crippen LogP contribution in [0, 0.1) is 0 Å². The summed E-state index contributed by atoms with van der Waals surface area (Å²) in [7, 11) is 3.28. The number of aromatic nitrogens is 2. The molecule has 0 amide bonds. The number of nitrogens with zero attached hydrogens (tertiary/aromatic N) is 2. The van der Waals surface area contributed by atoms with Gasteiger partial charge in [-0.25, -0.2) is 9.97 Å². The molecule has 0 saturated carbocycles. The van der Waals surface area contributed by atoms with Crippen molar-refractivity contribution in [2.45, 2.75) is 12.8 Å². The van der Waals surface area contributed by atoms with Crippen LogP contribution in [0.15, 0.2) is 60.9 Å². The predicted molar refractivity (Wildman–Crippen MR) is 112 cm³/mol. The average molecular weight is 378 g/mol. The summed E-state index contributed by atoms with van der Waals surface area (Å²) in [6.45, 7) is 1.59. The van der Waals surface area contributed by atoms with Gasteiger partial charge in [0.15, 0.2) is 11.5 Å². The van der Waals surface area contributed by atoms with E-state index in [-0.39, 0.29) is 0 Å². The highest BCUT2D eigenvalue weighted by molar-refractivity contribution is 5.47. The van der Waals surface area contributed by atoms with Crippen LogP contribution in [0.3, 0.4) is 0 Å². The SMILES string of the molecule is COc1ccc(CCNc2cc(NCCc3ccccc3)ncn2)cc1OC. The van der Waals surface area contributed by atoms with Gasteiger partial charge in [-0.2, -0.15) is 0 Å². The van der Waals surface area contributed by atoms with E-state index in [0.717, 1.165) is 49.1 Å². The zero-order valence-corrected chi connectivity index (χ0v) is 16.3. The molecule has 28 heavy (non-hydrogen) atoms. The van der Waals surface area contributed by atoms with Gasteiger partial charge in [-0.1, -0.05) is 36.4 Å². The Balaban J connectivity index is 1.48. The lowest BCUT2D eigenvalue weighted by Gasteiger charge is -2.11. The van der Waals surface area contributed by atoms with Crippen molar-refractivity contribution in [2.24, 2.45) is 0 Å². The fraction of sp³-hybridized carbons (Fsp3) is 0.273. The van der Waals surface area contributed by atoms with Crippen LogP contribution in [0.25, 0.3) is 0 Å². The summed E-state index contributed by atoms with van der Waals surface area (Å²) in [6.07, 6.45) is 3.37. The van der Waals surface area contributed by atoms with Gasteiger partial charge in [0.2, 0.25) is 0 Å². The van der Waals surface area contributed by atoms with Crippen molar-refractivity contribution in [1.82, 2.24) is 9.97 Å². The van der Waals surface area contributed by atoms with E-state index in [1.54, 1.807) is 20.5 Å². The number of methoxy groups -OCH3 is 2. The van der Waals surface area contributed by atoms with Gasteiger partial charge in [0.1, 0.15) is 18.0 Å². The second kappa shape index (κ2) is 10.2. The highest BCUT2D eigenvalue weighted by atomic mass is 16.5. The Morgan fingerprint density at radius 3 is 2.00 bits per heavy atom. The lowest BCUT2D eigenvalue weighted by atomic mass is 10.1. The van der Waals surface area contributed by atoms with E-state index in [0.29, 0.717) is 0 Å². The van der Waals surface area contributed by atoms with E-state index in [1.807, 2.05) is 30.3 Å². The van der Waals surface area contributed by atoms with Gasteiger partial charge in [0.05, 0.1) is 14.2 Å². The Morgan fingerprint density at radius 2 is 1.36 bits per heavy atom. The van der Waals surface area contributed by atoms with Gasteiger partial charge in [0, 0.05) is 19.2 Å². The lowest BCUT2D eigenvalue weighted by molar-refractivity contribution is 0.354. The molecular formula is C22H26N4O2. The quantitative estimate of drug-likeness (QED) is 0.559. The Morgan fingerprint density at radius 1 is 0.714 bits per heavy atom. The van der Waals surface area contributed by atoms with Gasteiger partial charge in [-0.05, 0) is 36.1 Å². The van der Waals surface area contributed by atoms with Crippen molar-refractivity contribution in [3.8, 4) is 11.5 Å². The minimum absolute atomic E-state index is 0.737. The molecule has 1 heterocycles. The Labute approximate surface area is 166 Å². The van der Waals surface area contributed by atoms with Crippen LogP contribution in [0.4, 0.5) is 11.6 Å². The summed E-state index contributed by atoms with van der Waals surface area (Å²) < 4.78 is 10.6. The summed E-state index contributed by atoms with van der Waals surface area (Å²) in [5.74, 6) is 3.10. The van der Waals surface area contributed by atoms with Crippen molar-refractivity contribution in [1.29, 1.82) is 0 Å². The van der Waals surface area contributed by atoms with Crippen molar-refractivity contribution >= 4 is 11.6 Å². The van der Waals surface area contributed by atoms with Crippen molar-refractivity contribution < 1.29 is 9.47 Å². The maximum atomic E-state index is 5.35. The van der Waals surface area contributed by atoms with Gasteiger partial charge >= 0.3 is 0 Å². The molecule has 0 aliphatic heterocycles. The van der Waals surface area contributed by atoms with Crippen molar-refractivity contribution in [2.75, 3.05) is 37.9 Å². The van der Waals surface area contributed by atoms with Crippen molar-refractivity contribution in [3.05, 3.63) is 72.1 Å². The van der Waals surface area contributed by atoms with Gasteiger partial charge in [-0.3, -0.25) is 0 Å². The molecule has 0 atom stereocenters. The molecule has 6 heteroatoms. The van der Waals surface area contributed by atoms with Crippen LogP contribution in [-0.4, -0.2) is 37.3 Å². The standard InChI is InChI=1S/C22H26N4O2/c1-27-19-9-8-18(14-20(19)28-2)11-13-24-22-15-21(25-16-26-22)23-12-10-17-6-4-3-5-7-17/h3-9,14-16H,10-13H2,1-2H3,(H2,23,24,25,26). The number of benzene rings is 2. The first kappa shape index (κ1) is 19.5. The predicted octanol–water partition coefficient (Wildman–Crippen LogP) is 3.80. The second-order valence-corrected chi connectivity index (χ2v) is 6.32. The zero-order valence-electron chi connectivity index (χ0n) is 16.3. The topological polar surface area (TPSA) is 68.3 Å². The molecule has 1 aromatic heterocycles. The summed E-state index contributed by atoms with van der Waals surface area (Å²) in [4.78, 5) is 8.58. The molecule has 3 aromatic rings. The number of hydrogen-bond donors (Lipinski definition) is 2. The molecular weight excluding hydrogens is 352 g/mol. The monoisotopic (exact) mass is 378 g/mol. The van der Waals surface area contributed by atoms with Crippen molar-refractivity contribution in [3.63, 3.8) is 0 Å². The van der Waals surface area contributed by atoms with E-state index >= 15 is 0 Å². The molecule has 0 aliphatic carbocycles. The number of ether oxygens (including phenoxy) is 2.